The minimum absolute atomic E-state index is 0.117. The van der Waals surface area contributed by atoms with Gasteiger partial charge < -0.3 is 20.3 Å². The first-order chi connectivity index (χ1) is 15.1. The van der Waals surface area contributed by atoms with Crippen LogP contribution in [-0.4, -0.2) is 56.6 Å². The van der Waals surface area contributed by atoms with E-state index in [1.165, 1.54) is 44.1 Å². The Morgan fingerprint density at radius 1 is 1.19 bits per heavy atom. The summed E-state index contributed by atoms with van der Waals surface area (Å²) in [6.45, 7) is 2.51. The van der Waals surface area contributed by atoms with Crippen molar-refractivity contribution >= 4 is 11.9 Å². The maximum Gasteiger partial charge on any atom is 0.225 e. The van der Waals surface area contributed by atoms with E-state index in [1.807, 2.05) is 13.1 Å². The SMILES string of the molecule is CN=C(NCC1(c2cccc(OC)c2)CCCC1)NC1CCN(C(=O)C2CCCC2)C1. The summed E-state index contributed by atoms with van der Waals surface area (Å²) in [6, 6.07) is 8.80. The van der Waals surface area contributed by atoms with E-state index in [2.05, 4.69) is 38.7 Å². The van der Waals surface area contributed by atoms with Crippen molar-refractivity contribution in [2.24, 2.45) is 10.9 Å². The molecule has 0 aromatic heterocycles. The topological polar surface area (TPSA) is 66.0 Å². The molecule has 1 atom stereocenters. The number of carbonyl (C=O) groups is 1. The molecule has 2 saturated carbocycles. The number of guanidine groups is 1. The largest absolute Gasteiger partial charge is 0.497 e. The first kappa shape index (κ1) is 22.0. The number of nitrogens with one attached hydrogen (secondary N) is 2. The molecule has 0 radical (unpaired) electrons. The summed E-state index contributed by atoms with van der Waals surface area (Å²) in [7, 11) is 3.56. The summed E-state index contributed by atoms with van der Waals surface area (Å²) in [6.07, 6.45) is 10.4. The van der Waals surface area contributed by atoms with Gasteiger partial charge in [-0.25, -0.2) is 0 Å². The van der Waals surface area contributed by atoms with Crippen LogP contribution in [0.2, 0.25) is 0 Å². The third-order valence-electron chi connectivity index (χ3n) is 7.61. The molecule has 1 aromatic carbocycles. The van der Waals surface area contributed by atoms with Gasteiger partial charge in [-0.2, -0.15) is 0 Å². The standard InChI is InChI=1S/C25H38N4O2/c1-26-24(28-21-12-15-29(17-21)23(30)19-8-3-4-9-19)27-18-25(13-5-6-14-25)20-10-7-11-22(16-20)31-2/h7,10-11,16,19,21H,3-6,8-9,12-15,17-18H2,1-2H3,(H2,26,27,28). The number of amides is 1. The third-order valence-corrected chi connectivity index (χ3v) is 7.61. The van der Waals surface area contributed by atoms with Gasteiger partial charge in [0.1, 0.15) is 5.75 Å². The summed E-state index contributed by atoms with van der Waals surface area (Å²) >= 11 is 0. The van der Waals surface area contributed by atoms with Crippen molar-refractivity contribution < 1.29 is 9.53 Å². The minimum atomic E-state index is 0.117. The van der Waals surface area contributed by atoms with Gasteiger partial charge in [-0.1, -0.05) is 37.8 Å². The maximum absolute atomic E-state index is 12.7. The second kappa shape index (κ2) is 9.92. The lowest BCUT2D eigenvalue weighted by atomic mass is 9.78. The van der Waals surface area contributed by atoms with Crippen LogP contribution in [0.15, 0.2) is 29.3 Å². The molecule has 1 heterocycles. The molecule has 6 nitrogen and oxygen atoms in total. The number of ether oxygens (including phenoxy) is 1. The molecule has 0 bridgehead atoms. The predicted molar refractivity (Wildman–Crippen MR) is 125 cm³/mol. The van der Waals surface area contributed by atoms with Gasteiger partial charge in [0.15, 0.2) is 5.96 Å². The van der Waals surface area contributed by atoms with E-state index < -0.39 is 0 Å². The van der Waals surface area contributed by atoms with Crippen molar-refractivity contribution in [1.29, 1.82) is 0 Å². The second-order valence-electron chi connectivity index (χ2n) is 9.54. The van der Waals surface area contributed by atoms with Crippen molar-refractivity contribution in [2.75, 3.05) is 33.8 Å². The minimum Gasteiger partial charge on any atom is -0.497 e. The Balaban J connectivity index is 1.34. The van der Waals surface area contributed by atoms with E-state index in [0.29, 0.717) is 5.91 Å². The number of aliphatic imine (C=N–C) groups is 1. The molecular formula is C25H38N4O2. The summed E-state index contributed by atoms with van der Waals surface area (Å²) in [5.41, 5.74) is 1.47. The molecule has 2 aliphatic carbocycles. The van der Waals surface area contributed by atoms with Gasteiger partial charge in [0, 0.05) is 44.1 Å². The highest BCUT2D eigenvalue weighted by Crippen LogP contribution is 2.41. The smallest absolute Gasteiger partial charge is 0.225 e. The zero-order chi connectivity index (χ0) is 21.7. The summed E-state index contributed by atoms with van der Waals surface area (Å²) in [5.74, 6) is 2.40. The van der Waals surface area contributed by atoms with Crippen LogP contribution in [-0.2, 0) is 10.2 Å². The fourth-order valence-corrected chi connectivity index (χ4v) is 5.72. The molecule has 3 fully saturated rings. The Morgan fingerprint density at radius 2 is 1.97 bits per heavy atom. The van der Waals surface area contributed by atoms with Crippen LogP contribution in [0.1, 0.15) is 63.4 Å². The number of benzene rings is 1. The number of carbonyl (C=O) groups excluding carboxylic acids is 1. The molecule has 1 amide bonds. The summed E-state index contributed by atoms with van der Waals surface area (Å²) in [4.78, 5) is 19.3. The number of rotatable bonds is 6. The zero-order valence-electron chi connectivity index (χ0n) is 19.2. The van der Waals surface area contributed by atoms with Crippen LogP contribution in [0.3, 0.4) is 0 Å². The van der Waals surface area contributed by atoms with Gasteiger partial charge >= 0.3 is 0 Å². The van der Waals surface area contributed by atoms with E-state index in [-0.39, 0.29) is 17.4 Å². The number of methoxy groups -OCH3 is 1. The molecule has 1 aromatic rings. The first-order valence-electron chi connectivity index (χ1n) is 12.0. The van der Waals surface area contributed by atoms with E-state index in [1.54, 1.807) is 7.11 Å². The average Bonchev–Trinajstić information content (AvgIpc) is 3.58. The lowest BCUT2D eigenvalue weighted by molar-refractivity contribution is -0.134. The van der Waals surface area contributed by atoms with Gasteiger partial charge in [-0.05, 0) is 49.8 Å². The number of nitrogens with zero attached hydrogens (tertiary/aromatic N) is 2. The Kier molecular flexibility index (Phi) is 7.03. The molecule has 4 rings (SSSR count). The lowest BCUT2D eigenvalue weighted by Crippen LogP contribution is -2.49. The van der Waals surface area contributed by atoms with E-state index in [4.69, 9.17) is 4.74 Å². The highest BCUT2D eigenvalue weighted by Gasteiger charge is 2.37. The highest BCUT2D eigenvalue weighted by molar-refractivity contribution is 5.81. The molecular weight excluding hydrogens is 388 g/mol. The normalized spacial score (nSPS) is 23.9. The number of hydrogen-bond donors (Lipinski definition) is 2. The van der Waals surface area contributed by atoms with E-state index in [9.17, 15) is 4.79 Å². The van der Waals surface area contributed by atoms with Crippen LogP contribution >= 0.6 is 0 Å². The average molecular weight is 427 g/mol. The van der Waals surface area contributed by atoms with Crippen molar-refractivity contribution in [3.8, 4) is 5.75 Å². The Labute approximate surface area is 186 Å². The molecule has 170 valence electrons. The fourth-order valence-electron chi connectivity index (χ4n) is 5.72. The van der Waals surface area contributed by atoms with Crippen molar-refractivity contribution in [3.63, 3.8) is 0 Å². The Bertz CT molecular complexity index is 781. The van der Waals surface area contributed by atoms with Crippen molar-refractivity contribution in [3.05, 3.63) is 29.8 Å². The first-order valence-corrected chi connectivity index (χ1v) is 12.0. The maximum atomic E-state index is 12.7. The Hall–Kier alpha value is -2.24. The molecule has 1 unspecified atom stereocenters. The van der Waals surface area contributed by atoms with Crippen LogP contribution < -0.4 is 15.4 Å². The summed E-state index contributed by atoms with van der Waals surface area (Å²) < 4.78 is 5.47. The zero-order valence-corrected chi connectivity index (χ0v) is 19.2. The van der Waals surface area contributed by atoms with Crippen molar-refractivity contribution in [1.82, 2.24) is 15.5 Å². The highest BCUT2D eigenvalue weighted by atomic mass is 16.5. The lowest BCUT2D eigenvalue weighted by Gasteiger charge is -2.31. The quantitative estimate of drug-likeness (QED) is 0.540. The molecule has 2 N–H and O–H groups in total. The predicted octanol–water partition coefficient (Wildman–Crippen LogP) is 3.46. The van der Waals surface area contributed by atoms with E-state index in [0.717, 1.165) is 50.6 Å². The van der Waals surface area contributed by atoms with Gasteiger partial charge in [-0.15, -0.1) is 0 Å². The number of hydrogen-bond acceptors (Lipinski definition) is 3. The van der Waals surface area contributed by atoms with Crippen molar-refractivity contribution in [2.45, 2.75) is 69.2 Å². The van der Waals surface area contributed by atoms with Crippen LogP contribution in [0.5, 0.6) is 5.75 Å². The summed E-state index contributed by atoms with van der Waals surface area (Å²) in [5, 5.41) is 7.19. The molecule has 3 aliphatic rings. The van der Waals surface area contributed by atoms with Gasteiger partial charge in [0.2, 0.25) is 5.91 Å². The van der Waals surface area contributed by atoms with Crippen LogP contribution in [0.4, 0.5) is 0 Å². The van der Waals surface area contributed by atoms with E-state index >= 15 is 0 Å². The van der Waals surface area contributed by atoms with Gasteiger partial charge in [0.05, 0.1) is 7.11 Å². The molecule has 1 saturated heterocycles. The molecule has 6 heteroatoms. The fraction of sp³-hybridized carbons (Fsp3) is 0.680. The second-order valence-corrected chi connectivity index (χ2v) is 9.54. The molecule has 31 heavy (non-hydrogen) atoms. The molecule has 1 aliphatic heterocycles. The van der Waals surface area contributed by atoms with Crippen LogP contribution in [0, 0.1) is 5.92 Å². The van der Waals surface area contributed by atoms with Gasteiger partial charge in [0.25, 0.3) is 0 Å². The monoisotopic (exact) mass is 426 g/mol. The van der Waals surface area contributed by atoms with Gasteiger partial charge in [-0.3, -0.25) is 9.79 Å². The van der Waals surface area contributed by atoms with Crippen LogP contribution in [0.25, 0.3) is 0 Å². The third kappa shape index (κ3) is 4.99. The Morgan fingerprint density at radius 3 is 2.68 bits per heavy atom. The number of likely N-dealkylation sites (tertiary alicyclic amines) is 1. The molecule has 0 spiro atoms.